The molecular weight excluding hydrogens is 246 g/mol. The zero-order valence-electron chi connectivity index (χ0n) is 12.5. The SMILES string of the molecule is COCc1ccc(CN[C@@H](C)c2ccc(C)cc2)cc1. The van der Waals surface area contributed by atoms with Crippen LogP contribution in [0.15, 0.2) is 48.5 Å². The third kappa shape index (κ3) is 4.19. The molecule has 0 fully saturated rings. The summed E-state index contributed by atoms with van der Waals surface area (Å²) < 4.78 is 5.12. The number of hydrogen-bond acceptors (Lipinski definition) is 2. The van der Waals surface area contributed by atoms with E-state index in [2.05, 4.69) is 67.7 Å². The van der Waals surface area contributed by atoms with Crippen molar-refractivity contribution in [3.05, 3.63) is 70.8 Å². The van der Waals surface area contributed by atoms with Crippen LogP contribution in [0.2, 0.25) is 0 Å². The molecule has 106 valence electrons. The Bertz CT molecular complexity index is 516. The number of rotatable bonds is 6. The number of hydrogen-bond donors (Lipinski definition) is 1. The first kappa shape index (κ1) is 14.8. The van der Waals surface area contributed by atoms with Crippen molar-refractivity contribution < 1.29 is 4.74 Å². The van der Waals surface area contributed by atoms with Crippen molar-refractivity contribution in [3.8, 4) is 0 Å². The summed E-state index contributed by atoms with van der Waals surface area (Å²) in [5, 5.41) is 3.55. The van der Waals surface area contributed by atoms with E-state index in [0.717, 1.165) is 6.54 Å². The zero-order chi connectivity index (χ0) is 14.4. The summed E-state index contributed by atoms with van der Waals surface area (Å²) in [6.45, 7) is 5.86. The van der Waals surface area contributed by atoms with Crippen molar-refractivity contribution in [2.24, 2.45) is 0 Å². The molecule has 0 heterocycles. The van der Waals surface area contributed by atoms with Crippen LogP contribution in [0.5, 0.6) is 0 Å². The molecule has 1 N–H and O–H groups in total. The fourth-order valence-corrected chi connectivity index (χ4v) is 2.16. The first-order valence-corrected chi connectivity index (χ1v) is 7.06. The van der Waals surface area contributed by atoms with E-state index in [1.807, 2.05) is 0 Å². The molecule has 0 unspecified atom stereocenters. The van der Waals surface area contributed by atoms with Gasteiger partial charge in [0.05, 0.1) is 6.61 Å². The van der Waals surface area contributed by atoms with E-state index in [9.17, 15) is 0 Å². The molecule has 2 nitrogen and oxygen atoms in total. The van der Waals surface area contributed by atoms with Crippen LogP contribution in [-0.2, 0) is 17.9 Å². The Kier molecular flexibility index (Phi) is 5.33. The molecule has 0 bridgehead atoms. The summed E-state index contributed by atoms with van der Waals surface area (Å²) in [7, 11) is 1.72. The fourth-order valence-electron chi connectivity index (χ4n) is 2.16. The average Bonchev–Trinajstić information content (AvgIpc) is 2.47. The number of benzene rings is 2. The van der Waals surface area contributed by atoms with Gasteiger partial charge < -0.3 is 10.1 Å². The van der Waals surface area contributed by atoms with Crippen LogP contribution in [0, 0.1) is 6.92 Å². The number of methoxy groups -OCH3 is 1. The predicted octanol–water partition coefficient (Wildman–Crippen LogP) is 3.99. The monoisotopic (exact) mass is 269 g/mol. The smallest absolute Gasteiger partial charge is 0.0713 e. The molecule has 0 spiro atoms. The molecule has 2 rings (SSSR count). The summed E-state index contributed by atoms with van der Waals surface area (Å²) in [6.07, 6.45) is 0. The van der Waals surface area contributed by atoms with Gasteiger partial charge in [0.2, 0.25) is 0 Å². The van der Waals surface area contributed by atoms with Gasteiger partial charge in [0.25, 0.3) is 0 Å². The Labute approximate surface area is 121 Å². The molecule has 0 radical (unpaired) electrons. The molecule has 2 aromatic carbocycles. The maximum Gasteiger partial charge on any atom is 0.0713 e. The third-order valence-electron chi connectivity index (χ3n) is 3.52. The van der Waals surface area contributed by atoms with Gasteiger partial charge in [0.15, 0.2) is 0 Å². The predicted molar refractivity (Wildman–Crippen MR) is 83.6 cm³/mol. The molecule has 0 saturated heterocycles. The van der Waals surface area contributed by atoms with Crippen molar-refractivity contribution in [3.63, 3.8) is 0 Å². The molecule has 1 atom stereocenters. The maximum atomic E-state index is 5.12. The highest BCUT2D eigenvalue weighted by Gasteiger charge is 2.04. The highest BCUT2D eigenvalue weighted by Crippen LogP contribution is 2.14. The Balaban J connectivity index is 1.89. The topological polar surface area (TPSA) is 21.3 Å². The van der Waals surface area contributed by atoms with E-state index in [1.54, 1.807) is 7.11 Å². The van der Waals surface area contributed by atoms with Crippen molar-refractivity contribution >= 4 is 0 Å². The van der Waals surface area contributed by atoms with E-state index in [0.29, 0.717) is 12.6 Å². The van der Waals surface area contributed by atoms with Gasteiger partial charge in [-0.3, -0.25) is 0 Å². The van der Waals surface area contributed by atoms with E-state index < -0.39 is 0 Å². The van der Waals surface area contributed by atoms with Crippen molar-refractivity contribution in [1.29, 1.82) is 0 Å². The lowest BCUT2D eigenvalue weighted by Crippen LogP contribution is -2.18. The lowest BCUT2D eigenvalue weighted by atomic mass is 10.1. The van der Waals surface area contributed by atoms with E-state index in [4.69, 9.17) is 4.74 Å². The van der Waals surface area contributed by atoms with Gasteiger partial charge in [-0.15, -0.1) is 0 Å². The van der Waals surface area contributed by atoms with Crippen LogP contribution in [0.3, 0.4) is 0 Å². The van der Waals surface area contributed by atoms with Crippen molar-refractivity contribution in [2.45, 2.75) is 33.0 Å². The summed E-state index contributed by atoms with van der Waals surface area (Å²) in [5.74, 6) is 0. The van der Waals surface area contributed by atoms with Crippen molar-refractivity contribution in [1.82, 2.24) is 5.32 Å². The van der Waals surface area contributed by atoms with E-state index >= 15 is 0 Å². The van der Waals surface area contributed by atoms with Gasteiger partial charge in [-0.1, -0.05) is 54.1 Å². The summed E-state index contributed by atoms with van der Waals surface area (Å²) in [4.78, 5) is 0. The lowest BCUT2D eigenvalue weighted by molar-refractivity contribution is 0.185. The second-order valence-corrected chi connectivity index (χ2v) is 5.26. The highest BCUT2D eigenvalue weighted by atomic mass is 16.5. The maximum absolute atomic E-state index is 5.12. The molecule has 2 heteroatoms. The van der Waals surface area contributed by atoms with Gasteiger partial charge in [-0.05, 0) is 30.5 Å². The zero-order valence-corrected chi connectivity index (χ0v) is 12.5. The third-order valence-corrected chi connectivity index (χ3v) is 3.52. The van der Waals surface area contributed by atoms with Crippen molar-refractivity contribution in [2.75, 3.05) is 7.11 Å². The van der Waals surface area contributed by atoms with Crippen LogP contribution in [0.1, 0.15) is 35.2 Å². The van der Waals surface area contributed by atoms with Gasteiger partial charge in [-0.2, -0.15) is 0 Å². The largest absolute Gasteiger partial charge is 0.380 e. The molecule has 0 aliphatic heterocycles. The van der Waals surface area contributed by atoms with Crippen LogP contribution in [0.25, 0.3) is 0 Å². The Morgan fingerprint density at radius 3 is 2.15 bits per heavy atom. The normalized spacial score (nSPS) is 12.3. The Morgan fingerprint density at radius 1 is 0.950 bits per heavy atom. The Hall–Kier alpha value is -1.64. The molecule has 2 aromatic rings. The molecule has 0 aliphatic carbocycles. The summed E-state index contributed by atoms with van der Waals surface area (Å²) in [5.41, 5.74) is 5.13. The molecule has 0 amide bonds. The average molecular weight is 269 g/mol. The van der Waals surface area contributed by atoms with Crippen LogP contribution in [-0.4, -0.2) is 7.11 Å². The minimum absolute atomic E-state index is 0.356. The number of aryl methyl sites for hydroxylation is 1. The second-order valence-electron chi connectivity index (χ2n) is 5.26. The summed E-state index contributed by atoms with van der Waals surface area (Å²) in [6, 6.07) is 17.6. The standard InChI is InChI=1S/C18H23NO/c1-14-4-10-18(11-5-14)15(2)19-12-16-6-8-17(9-7-16)13-20-3/h4-11,15,19H,12-13H2,1-3H3/t15-/m0/s1. The quantitative estimate of drug-likeness (QED) is 0.856. The summed E-state index contributed by atoms with van der Waals surface area (Å²) >= 11 is 0. The van der Waals surface area contributed by atoms with E-state index in [-0.39, 0.29) is 0 Å². The fraction of sp³-hybridized carbons (Fsp3) is 0.333. The van der Waals surface area contributed by atoms with Gasteiger partial charge in [0, 0.05) is 19.7 Å². The second kappa shape index (κ2) is 7.22. The lowest BCUT2D eigenvalue weighted by Gasteiger charge is -2.15. The first-order valence-electron chi connectivity index (χ1n) is 7.06. The molecular formula is C18H23NO. The Morgan fingerprint density at radius 2 is 1.55 bits per heavy atom. The van der Waals surface area contributed by atoms with Crippen LogP contribution >= 0.6 is 0 Å². The minimum atomic E-state index is 0.356. The number of nitrogens with one attached hydrogen (secondary N) is 1. The van der Waals surface area contributed by atoms with Crippen LogP contribution < -0.4 is 5.32 Å². The number of ether oxygens (including phenoxy) is 1. The molecule has 0 aliphatic rings. The van der Waals surface area contributed by atoms with E-state index in [1.165, 1.54) is 22.3 Å². The van der Waals surface area contributed by atoms with Gasteiger partial charge in [0.1, 0.15) is 0 Å². The van der Waals surface area contributed by atoms with Gasteiger partial charge >= 0.3 is 0 Å². The molecule has 0 saturated carbocycles. The highest BCUT2D eigenvalue weighted by molar-refractivity contribution is 5.25. The molecule has 20 heavy (non-hydrogen) atoms. The van der Waals surface area contributed by atoms with Crippen LogP contribution in [0.4, 0.5) is 0 Å². The minimum Gasteiger partial charge on any atom is -0.380 e. The first-order chi connectivity index (χ1) is 9.69. The van der Waals surface area contributed by atoms with Gasteiger partial charge in [-0.25, -0.2) is 0 Å². The molecule has 0 aromatic heterocycles.